The van der Waals surface area contributed by atoms with Gasteiger partial charge in [0.1, 0.15) is 0 Å². The van der Waals surface area contributed by atoms with E-state index in [9.17, 15) is 10.2 Å². The summed E-state index contributed by atoms with van der Waals surface area (Å²) in [4.78, 5) is 2.37. The molecule has 0 amide bonds. The van der Waals surface area contributed by atoms with Gasteiger partial charge in [-0.05, 0) is 62.9 Å². The first-order chi connectivity index (χ1) is 9.56. The lowest BCUT2D eigenvalue weighted by Crippen LogP contribution is -2.37. The van der Waals surface area contributed by atoms with Crippen molar-refractivity contribution in [3.05, 3.63) is 34.9 Å². The summed E-state index contributed by atoms with van der Waals surface area (Å²) in [5.41, 5.74) is 0.924. The molecule has 1 aromatic rings. The Bertz CT molecular complexity index is 399. The Morgan fingerprint density at radius 2 is 1.80 bits per heavy atom. The highest BCUT2D eigenvalue weighted by molar-refractivity contribution is 6.30. The van der Waals surface area contributed by atoms with E-state index >= 15 is 0 Å². The third kappa shape index (κ3) is 4.45. The Labute approximate surface area is 126 Å². The molecule has 2 atom stereocenters. The van der Waals surface area contributed by atoms with Crippen LogP contribution < -0.4 is 0 Å². The summed E-state index contributed by atoms with van der Waals surface area (Å²) in [6, 6.07) is 7.39. The van der Waals surface area contributed by atoms with E-state index in [1.807, 2.05) is 31.2 Å². The van der Waals surface area contributed by atoms with E-state index in [4.69, 9.17) is 11.6 Å². The number of hydrogen-bond donors (Lipinski definition) is 2. The number of likely N-dealkylation sites (tertiary alicyclic amines) is 1. The lowest BCUT2D eigenvalue weighted by Gasteiger charge is -2.33. The maximum Gasteiger partial charge on any atom is 0.0802 e. The van der Waals surface area contributed by atoms with Crippen molar-refractivity contribution < 1.29 is 10.2 Å². The highest BCUT2D eigenvalue weighted by atomic mass is 35.5. The topological polar surface area (TPSA) is 43.7 Å². The first-order valence-electron chi connectivity index (χ1n) is 7.40. The molecule has 0 spiro atoms. The number of benzene rings is 1. The molecule has 2 rings (SSSR count). The van der Waals surface area contributed by atoms with E-state index in [0.29, 0.717) is 10.9 Å². The highest BCUT2D eigenvalue weighted by Crippen LogP contribution is 2.23. The van der Waals surface area contributed by atoms with Gasteiger partial charge in [0.15, 0.2) is 0 Å². The van der Waals surface area contributed by atoms with Crippen molar-refractivity contribution in [2.24, 2.45) is 5.92 Å². The Morgan fingerprint density at radius 3 is 2.35 bits per heavy atom. The second-order valence-corrected chi connectivity index (χ2v) is 6.21. The molecule has 0 bridgehead atoms. The SMILES string of the molecule is CC(O)C1CCN(CCC(O)c2ccc(Cl)cc2)CC1. The van der Waals surface area contributed by atoms with Gasteiger partial charge in [0.05, 0.1) is 12.2 Å². The molecule has 0 aliphatic carbocycles. The minimum atomic E-state index is -0.429. The van der Waals surface area contributed by atoms with E-state index in [0.717, 1.165) is 44.5 Å². The Morgan fingerprint density at radius 1 is 1.20 bits per heavy atom. The Kier molecular flexibility index (Phi) is 5.85. The van der Waals surface area contributed by atoms with Gasteiger partial charge in [-0.2, -0.15) is 0 Å². The summed E-state index contributed by atoms with van der Waals surface area (Å²) in [5.74, 6) is 0.437. The van der Waals surface area contributed by atoms with Crippen LogP contribution in [0.25, 0.3) is 0 Å². The quantitative estimate of drug-likeness (QED) is 0.878. The van der Waals surface area contributed by atoms with Crippen LogP contribution in [-0.2, 0) is 0 Å². The number of nitrogens with zero attached hydrogens (tertiary/aromatic N) is 1. The lowest BCUT2D eigenvalue weighted by atomic mass is 9.92. The first kappa shape index (κ1) is 15.8. The average Bonchev–Trinajstić information content (AvgIpc) is 2.46. The van der Waals surface area contributed by atoms with Crippen LogP contribution in [-0.4, -0.2) is 40.9 Å². The van der Waals surface area contributed by atoms with Gasteiger partial charge in [-0.25, -0.2) is 0 Å². The van der Waals surface area contributed by atoms with E-state index in [1.54, 1.807) is 0 Å². The summed E-state index contributed by atoms with van der Waals surface area (Å²) in [5, 5.41) is 20.5. The van der Waals surface area contributed by atoms with Crippen LogP contribution in [0.15, 0.2) is 24.3 Å². The molecule has 2 N–H and O–H groups in total. The Hall–Kier alpha value is -0.610. The molecular weight excluding hydrogens is 274 g/mol. The molecule has 20 heavy (non-hydrogen) atoms. The number of hydrogen-bond acceptors (Lipinski definition) is 3. The molecule has 0 radical (unpaired) electrons. The fraction of sp³-hybridized carbons (Fsp3) is 0.625. The maximum atomic E-state index is 10.2. The second-order valence-electron chi connectivity index (χ2n) is 5.78. The number of aliphatic hydroxyl groups is 2. The van der Waals surface area contributed by atoms with E-state index in [2.05, 4.69) is 4.90 Å². The van der Waals surface area contributed by atoms with Gasteiger partial charge in [0.2, 0.25) is 0 Å². The third-order valence-corrected chi connectivity index (χ3v) is 4.54. The lowest BCUT2D eigenvalue weighted by molar-refractivity contribution is 0.0641. The van der Waals surface area contributed by atoms with Crippen molar-refractivity contribution in [2.75, 3.05) is 19.6 Å². The van der Waals surface area contributed by atoms with E-state index in [1.165, 1.54) is 0 Å². The predicted octanol–water partition coefficient (Wildman–Crippen LogP) is 2.86. The molecule has 1 heterocycles. The van der Waals surface area contributed by atoms with Crippen molar-refractivity contribution in [1.82, 2.24) is 4.90 Å². The van der Waals surface area contributed by atoms with Crippen molar-refractivity contribution in [2.45, 2.75) is 38.4 Å². The number of halogens is 1. The van der Waals surface area contributed by atoms with Crippen molar-refractivity contribution in [3.8, 4) is 0 Å². The Balaban J connectivity index is 1.74. The van der Waals surface area contributed by atoms with Crippen LogP contribution in [0.1, 0.15) is 37.9 Å². The molecule has 1 aliphatic rings. The van der Waals surface area contributed by atoms with Gasteiger partial charge in [-0.3, -0.25) is 0 Å². The van der Waals surface area contributed by atoms with E-state index in [-0.39, 0.29) is 6.10 Å². The normalized spacial score (nSPS) is 20.8. The minimum Gasteiger partial charge on any atom is -0.393 e. The number of rotatable bonds is 5. The molecule has 1 fully saturated rings. The molecule has 0 saturated carbocycles. The van der Waals surface area contributed by atoms with Gasteiger partial charge >= 0.3 is 0 Å². The van der Waals surface area contributed by atoms with Crippen LogP contribution in [0, 0.1) is 5.92 Å². The zero-order chi connectivity index (χ0) is 14.5. The third-order valence-electron chi connectivity index (χ3n) is 4.29. The fourth-order valence-corrected chi connectivity index (χ4v) is 2.94. The largest absolute Gasteiger partial charge is 0.393 e. The summed E-state index contributed by atoms with van der Waals surface area (Å²) >= 11 is 5.84. The summed E-state index contributed by atoms with van der Waals surface area (Å²) in [6.07, 6.45) is 2.21. The minimum absolute atomic E-state index is 0.197. The van der Waals surface area contributed by atoms with Crippen LogP contribution in [0.3, 0.4) is 0 Å². The summed E-state index contributed by atoms with van der Waals surface area (Å²) in [6.45, 7) is 4.81. The predicted molar refractivity (Wildman–Crippen MR) is 81.9 cm³/mol. The van der Waals surface area contributed by atoms with Crippen molar-refractivity contribution in [1.29, 1.82) is 0 Å². The van der Waals surface area contributed by atoms with Crippen LogP contribution in [0.5, 0.6) is 0 Å². The first-order valence-corrected chi connectivity index (χ1v) is 7.78. The molecular formula is C16H24ClNO2. The monoisotopic (exact) mass is 297 g/mol. The number of aliphatic hydroxyl groups excluding tert-OH is 2. The van der Waals surface area contributed by atoms with Gasteiger partial charge < -0.3 is 15.1 Å². The maximum absolute atomic E-state index is 10.2. The van der Waals surface area contributed by atoms with Gasteiger partial charge in [-0.1, -0.05) is 23.7 Å². The highest BCUT2D eigenvalue weighted by Gasteiger charge is 2.22. The van der Waals surface area contributed by atoms with Crippen LogP contribution >= 0.6 is 11.6 Å². The number of piperidine rings is 1. The van der Waals surface area contributed by atoms with Gasteiger partial charge in [0.25, 0.3) is 0 Å². The van der Waals surface area contributed by atoms with Crippen molar-refractivity contribution >= 4 is 11.6 Å². The average molecular weight is 298 g/mol. The molecule has 3 nitrogen and oxygen atoms in total. The zero-order valence-electron chi connectivity index (χ0n) is 12.0. The van der Waals surface area contributed by atoms with Crippen LogP contribution in [0.2, 0.25) is 5.02 Å². The molecule has 1 saturated heterocycles. The van der Waals surface area contributed by atoms with E-state index < -0.39 is 6.10 Å². The van der Waals surface area contributed by atoms with Gasteiger partial charge in [-0.15, -0.1) is 0 Å². The zero-order valence-corrected chi connectivity index (χ0v) is 12.8. The second kappa shape index (κ2) is 7.41. The van der Waals surface area contributed by atoms with Crippen LogP contribution in [0.4, 0.5) is 0 Å². The molecule has 1 aliphatic heterocycles. The summed E-state index contributed by atoms with van der Waals surface area (Å²) < 4.78 is 0. The molecule has 4 heteroatoms. The summed E-state index contributed by atoms with van der Waals surface area (Å²) in [7, 11) is 0. The molecule has 112 valence electrons. The standard InChI is InChI=1S/C16H24ClNO2/c1-12(19)13-6-9-18(10-7-13)11-8-16(20)14-2-4-15(17)5-3-14/h2-5,12-13,16,19-20H,6-11H2,1H3. The smallest absolute Gasteiger partial charge is 0.0802 e. The van der Waals surface area contributed by atoms with Gasteiger partial charge in [0, 0.05) is 11.6 Å². The molecule has 0 aromatic heterocycles. The molecule has 1 aromatic carbocycles. The fourth-order valence-electron chi connectivity index (χ4n) is 2.82. The van der Waals surface area contributed by atoms with Crippen molar-refractivity contribution in [3.63, 3.8) is 0 Å². The molecule has 2 unspecified atom stereocenters.